The maximum atomic E-state index is 13.8. The monoisotopic (exact) mass is 438 g/mol. The summed E-state index contributed by atoms with van der Waals surface area (Å²) in [6.45, 7) is 0.606. The fourth-order valence-electron chi connectivity index (χ4n) is 3.47. The van der Waals surface area contributed by atoms with Gasteiger partial charge in [0.05, 0.1) is 5.75 Å². The Morgan fingerprint density at radius 1 is 0.968 bits per heavy atom. The Morgan fingerprint density at radius 2 is 1.65 bits per heavy atom. The zero-order valence-corrected chi connectivity index (χ0v) is 17.4. The largest absolute Gasteiger partial charge is 0.326 e. The molecule has 4 nitrogen and oxygen atoms in total. The Bertz CT molecular complexity index is 1070. The number of carbonyl (C=O) groups is 2. The van der Waals surface area contributed by atoms with E-state index < -0.39 is 23.2 Å². The Labute approximate surface area is 183 Å². The molecule has 2 amide bonds. The number of halogens is 2. The lowest BCUT2D eigenvalue weighted by molar-refractivity contribution is -0.128. The summed E-state index contributed by atoms with van der Waals surface area (Å²) < 4.78 is 27.6. The number of hydrogen-bond donors (Lipinski definition) is 1. The van der Waals surface area contributed by atoms with Gasteiger partial charge in [0, 0.05) is 12.1 Å². The predicted octanol–water partition coefficient (Wildman–Crippen LogP) is 5.03. The van der Waals surface area contributed by atoms with Crippen LogP contribution in [0.3, 0.4) is 0 Å². The molecule has 31 heavy (non-hydrogen) atoms. The molecule has 1 aliphatic heterocycles. The van der Waals surface area contributed by atoms with Gasteiger partial charge in [0.2, 0.25) is 5.91 Å². The topological polar surface area (TPSA) is 49.4 Å². The van der Waals surface area contributed by atoms with Gasteiger partial charge in [0.1, 0.15) is 22.7 Å². The van der Waals surface area contributed by atoms with Crippen LogP contribution in [0.2, 0.25) is 0 Å². The van der Waals surface area contributed by atoms with Crippen molar-refractivity contribution in [2.24, 2.45) is 0 Å². The number of rotatable bonds is 6. The quantitative estimate of drug-likeness (QED) is 0.587. The van der Waals surface area contributed by atoms with E-state index >= 15 is 0 Å². The van der Waals surface area contributed by atoms with Gasteiger partial charge in [0.15, 0.2) is 0 Å². The zero-order valence-electron chi connectivity index (χ0n) is 16.6. The van der Waals surface area contributed by atoms with E-state index in [2.05, 4.69) is 5.32 Å². The molecule has 0 aromatic heterocycles. The Balaban J connectivity index is 1.45. The number of nitrogens with one attached hydrogen (secondary N) is 1. The summed E-state index contributed by atoms with van der Waals surface area (Å²) in [5.41, 5.74) is 1.87. The summed E-state index contributed by atoms with van der Waals surface area (Å²) >= 11 is 1.54. The molecule has 0 aliphatic carbocycles. The maximum absolute atomic E-state index is 13.8. The van der Waals surface area contributed by atoms with Gasteiger partial charge in [-0.05, 0) is 41.8 Å². The van der Waals surface area contributed by atoms with E-state index in [1.54, 1.807) is 36.0 Å². The number of benzene rings is 3. The van der Waals surface area contributed by atoms with Gasteiger partial charge in [-0.2, -0.15) is 0 Å². The number of para-hydroxylation sites is 1. The molecule has 0 radical (unpaired) electrons. The minimum Gasteiger partial charge on any atom is -0.326 e. The number of carbonyl (C=O) groups excluding carboxylic acids is 2. The standard InChI is InChI=1S/C24H20F2N2O2S/c25-19-7-4-8-20(26)22(19)27-23(30)17-9-11-18(12-10-17)24-28(21(29)15-31-24)14-13-16-5-2-1-3-6-16/h1-12,24H,13-15H2,(H,27,30)/t24-/m0/s1. The number of hydrogen-bond acceptors (Lipinski definition) is 3. The summed E-state index contributed by atoms with van der Waals surface area (Å²) in [5, 5.41) is 2.15. The second kappa shape index (κ2) is 9.31. The fraction of sp³-hybridized carbons (Fsp3) is 0.167. The third kappa shape index (κ3) is 4.77. The highest BCUT2D eigenvalue weighted by Crippen LogP contribution is 2.38. The van der Waals surface area contributed by atoms with Crippen molar-refractivity contribution in [2.45, 2.75) is 11.8 Å². The van der Waals surface area contributed by atoms with Gasteiger partial charge >= 0.3 is 0 Å². The van der Waals surface area contributed by atoms with Crippen LogP contribution in [0.15, 0.2) is 72.8 Å². The first kappa shape index (κ1) is 21.1. The summed E-state index contributed by atoms with van der Waals surface area (Å²) in [4.78, 5) is 26.7. The van der Waals surface area contributed by atoms with Crippen molar-refractivity contribution in [3.63, 3.8) is 0 Å². The second-order valence-corrected chi connectivity index (χ2v) is 8.23. The van der Waals surface area contributed by atoms with Crippen molar-refractivity contribution in [3.8, 4) is 0 Å². The molecular formula is C24H20F2N2O2S. The minimum atomic E-state index is -0.833. The molecule has 3 aromatic carbocycles. The SMILES string of the molecule is O=C(Nc1c(F)cccc1F)c1ccc([C@@H]2SCC(=O)N2CCc2ccccc2)cc1. The van der Waals surface area contributed by atoms with E-state index in [-0.39, 0.29) is 16.8 Å². The zero-order chi connectivity index (χ0) is 21.8. The van der Waals surface area contributed by atoms with E-state index in [1.165, 1.54) is 11.6 Å². The first-order valence-electron chi connectivity index (χ1n) is 9.83. The Hall–Kier alpha value is -3.19. The van der Waals surface area contributed by atoms with Crippen LogP contribution in [-0.4, -0.2) is 29.0 Å². The third-order valence-corrected chi connectivity index (χ3v) is 6.37. The second-order valence-electron chi connectivity index (χ2n) is 7.16. The summed E-state index contributed by atoms with van der Waals surface area (Å²) in [6.07, 6.45) is 0.762. The van der Waals surface area contributed by atoms with Crippen molar-refractivity contribution >= 4 is 29.3 Å². The van der Waals surface area contributed by atoms with E-state index in [0.29, 0.717) is 12.3 Å². The molecule has 1 heterocycles. The molecule has 1 atom stereocenters. The van der Waals surface area contributed by atoms with Crippen molar-refractivity contribution in [1.29, 1.82) is 0 Å². The average Bonchev–Trinajstić information content (AvgIpc) is 3.16. The van der Waals surface area contributed by atoms with Crippen LogP contribution in [0.4, 0.5) is 14.5 Å². The molecule has 1 saturated heterocycles. The molecule has 0 saturated carbocycles. The maximum Gasteiger partial charge on any atom is 0.255 e. The summed E-state index contributed by atoms with van der Waals surface area (Å²) in [6, 6.07) is 20.1. The number of amides is 2. The molecule has 7 heteroatoms. The van der Waals surface area contributed by atoms with E-state index in [1.807, 2.05) is 35.2 Å². The summed E-state index contributed by atoms with van der Waals surface area (Å²) in [7, 11) is 0. The van der Waals surface area contributed by atoms with Gasteiger partial charge in [-0.3, -0.25) is 9.59 Å². The number of thioether (sulfide) groups is 1. The van der Waals surface area contributed by atoms with Gasteiger partial charge in [0.25, 0.3) is 5.91 Å². The lowest BCUT2D eigenvalue weighted by Gasteiger charge is -2.24. The minimum absolute atomic E-state index is 0.0859. The molecular weight excluding hydrogens is 418 g/mol. The molecule has 158 valence electrons. The highest BCUT2D eigenvalue weighted by atomic mass is 32.2. The van der Waals surface area contributed by atoms with Crippen molar-refractivity contribution in [3.05, 3.63) is 101 Å². The van der Waals surface area contributed by atoms with E-state index in [0.717, 1.165) is 24.1 Å². The van der Waals surface area contributed by atoms with Gasteiger partial charge in [-0.15, -0.1) is 11.8 Å². The lowest BCUT2D eigenvalue weighted by atomic mass is 10.1. The van der Waals surface area contributed by atoms with Crippen LogP contribution in [0.1, 0.15) is 26.9 Å². The van der Waals surface area contributed by atoms with Gasteiger partial charge in [-0.1, -0.05) is 48.5 Å². The molecule has 0 unspecified atom stereocenters. The Morgan fingerprint density at radius 3 is 2.32 bits per heavy atom. The first-order valence-corrected chi connectivity index (χ1v) is 10.9. The van der Waals surface area contributed by atoms with E-state index in [4.69, 9.17) is 0 Å². The predicted molar refractivity (Wildman–Crippen MR) is 118 cm³/mol. The van der Waals surface area contributed by atoms with Crippen LogP contribution < -0.4 is 5.32 Å². The molecule has 4 rings (SSSR count). The van der Waals surface area contributed by atoms with Gasteiger partial charge in [-0.25, -0.2) is 8.78 Å². The van der Waals surface area contributed by atoms with Crippen molar-refractivity contribution in [2.75, 3.05) is 17.6 Å². The molecule has 1 aliphatic rings. The summed E-state index contributed by atoms with van der Waals surface area (Å²) in [5.74, 6) is -1.77. The smallest absolute Gasteiger partial charge is 0.255 e. The third-order valence-electron chi connectivity index (χ3n) is 5.11. The molecule has 1 fully saturated rings. The fourth-order valence-corrected chi connectivity index (χ4v) is 4.69. The normalized spacial score (nSPS) is 15.9. The molecule has 0 spiro atoms. The van der Waals surface area contributed by atoms with Crippen molar-refractivity contribution < 1.29 is 18.4 Å². The first-order chi connectivity index (χ1) is 15.0. The van der Waals surface area contributed by atoms with Crippen LogP contribution >= 0.6 is 11.8 Å². The highest BCUT2D eigenvalue weighted by Gasteiger charge is 2.32. The lowest BCUT2D eigenvalue weighted by Crippen LogP contribution is -2.30. The van der Waals surface area contributed by atoms with Crippen LogP contribution in [0.5, 0.6) is 0 Å². The van der Waals surface area contributed by atoms with Crippen LogP contribution in [0, 0.1) is 11.6 Å². The van der Waals surface area contributed by atoms with Crippen LogP contribution in [-0.2, 0) is 11.2 Å². The number of nitrogens with zero attached hydrogens (tertiary/aromatic N) is 1. The van der Waals surface area contributed by atoms with Crippen molar-refractivity contribution in [1.82, 2.24) is 4.90 Å². The van der Waals surface area contributed by atoms with E-state index in [9.17, 15) is 18.4 Å². The average molecular weight is 438 g/mol. The Kier molecular flexibility index (Phi) is 6.32. The number of anilines is 1. The molecule has 1 N–H and O–H groups in total. The van der Waals surface area contributed by atoms with Gasteiger partial charge < -0.3 is 10.2 Å². The van der Waals surface area contributed by atoms with Crippen LogP contribution in [0.25, 0.3) is 0 Å². The molecule has 3 aromatic rings. The molecule has 0 bridgehead atoms. The highest BCUT2D eigenvalue weighted by molar-refractivity contribution is 8.00.